The van der Waals surface area contributed by atoms with Gasteiger partial charge in [-0.15, -0.1) is 0 Å². The van der Waals surface area contributed by atoms with Gasteiger partial charge >= 0.3 is 0 Å². The molecule has 3 aliphatic rings. The molecule has 8 heteroatoms. The second kappa shape index (κ2) is 10.8. The predicted octanol–water partition coefficient (Wildman–Crippen LogP) is 1.04. The number of hydrogen-bond acceptors (Lipinski definition) is 5. The van der Waals surface area contributed by atoms with E-state index in [0.717, 1.165) is 103 Å². The van der Waals surface area contributed by atoms with Gasteiger partial charge in [-0.1, -0.05) is 0 Å². The molecule has 3 aliphatic heterocycles. The number of rotatable bonds is 7. The standard InChI is InChI=1S/C22H35N5O3/c28-21(26-8-1-2-9-26)17-25-10-12-27(13-11-25)22(24-16-19-6-15-29-18-19)23-7-5-20-4-3-14-30-20/h3-4,14,19H,1-2,5-13,15-18H2,(H,23,24). The van der Waals surface area contributed by atoms with Gasteiger partial charge in [0.05, 0.1) is 19.4 Å². The minimum absolute atomic E-state index is 0.285. The summed E-state index contributed by atoms with van der Waals surface area (Å²) in [6.45, 7) is 9.24. The summed E-state index contributed by atoms with van der Waals surface area (Å²) in [4.78, 5) is 24.0. The van der Waals surface area contributed by atoms with Gasteiger partial charge < -0.3 is 24.3 Å². The highest BCUT2D eigenvalue weighted by Crippen LogP contribution is 2.13. The first-order valence-corrected chi connectivity index (χ1v) is 11.4. The highest BCUT2D eigenvalue weighted by molar-refractivity contribution is 5.80. The third kappa shape index (κ3) is 5.98. The normalized spacial score (nSPS) is 23.3. The van der Waals surface area contributed by atoms with Crippen molar-refractivity contribution in [1.82, 2.24) is 20.0 Å². The number of piperazine rings is 1. The van der Waals surface area contributed by atoms with Crippen molar-refractivity contribution >= 4 is 11.9 Å². The fraction of sp³-hybridized carbons (Fsp3) is 0.727. The summed E-state index contributed by atoms with van der Waals surface area (Å²) in [5.41, 5.74) is 0. The van der Waals surface area contributed by atoms with Gasteiger partial charge in [0, 0.05) is 71.3 Å². The zero-order valence-corrected chi connectivity index (χ0v) is 17.9. The number of nitrogens with zero attached hydrogens (tertiary/aromatic N) is 4. The van der Waals surface area contributed by atoms with Gasteiger partial charge in [0.15, 0.2) is 5.96 Å². The van der Waals surface area contributed by atoms with Gasteiger partial charge in [0.1, 0.15) is 5.76 Å². The fourth-order valence-corrected chi connectivity index (χ4v) is 4.34. The zero-order chi connectivity index (χ0) is 20.6. The van der Waals surface area contributed by atoms with Crippen LogP contribution in [0.1, 0.15) is 25.0 Å². The number of hydrogen-bond donors (Lipinski definition) is 1. The van der Waals surface area contributed by atoms with Crippen LogP contribution in [-0.2, 0) is 16.0 Å². The summed E-state index contributed by atoms with van der Waals surface area (Å²) in [6.07, 6.45) is 5.94. The van der Waals surface area contributed by atoms with Crippen LogP contribution in [0.4, 0.5) is 0 Å². The smallest absolute Gasteiger partial charge is 0.236 e. The van der Waals surface area contributed by atoms with E-state index < -0.39 is 0 Å². The van der Waals surface area contributed by atoms with Crippen LogP contribution in [0, 0.1) is 5.92 Å². The molecule has 0 bridgehead atoms. The van der Waals surface area contributed by atoms with Gasteiger partial charge in [-0.05, 0) is 31.4 Å². The molecule has 4 rings (SSSR count). The van der Waals surface area contributed by atoms with Crippen molar-refractivity contribution in [3.8, 4) is 0 Å². The van der Waals surface area contributed by atoms with Crippen molar-refractivity contribution in [2.24, 2.45) is 10.9 Å². The van der Waals surface area contributed by atoms with Crippen molar-refractivity contribution in [1.29, 1.82) is 0 Å². The molecule has 1 amide bonds. The van der Waals surface area contributed by atoms with Crippen molar-refractivity contribution in [2.45, 2.75) is 25.7 Å². The summed E-state index contributed by atoms with van der Waals surface area (Å²) >= 11 is 0. The van der Waals surface area contributed by atoms with Crippen molar-refractivity contribution in [3.63, 3.8) is 0 Å². The van der Waals surface area contributed by atoms with Crippen molar-refractivity contribution < 1.29 is 13.9 Å². The van der Waals surface area contributed by atoms with Crippen LogP contribution >= 0.6 is 0 Å². The lowest BCUT2D eigenvalue weighted by molar-refractivity contribution is -0.131. The molecule has 0 aromatic carbocycles. The highest BCUT2D eigenvalue weighted by atomic mass is 16.5. The number of carbonyl (C=O) groups excluding carboxylic acids is 1. The number of nitrogens with one attached hydrogen (secondary N) is 1. The van der Waals surface area contributed by atoms with Crippen LogP contribution in [0.15, 0.2) is 27.8 Å². The molecule has 30 heavy (non-hydrogen) atoms. The molecule has 0 aliphatic carbocycles. The van der Waals surface area contributed by atoms with E-state index in [-0.39, 0.29) is 5.91 Å². The molecular weight excluding hydrogens is 382 g/mol. The molecule has 4 heterocycles. The Hall–Kier alpha value is -2.06. The van der Waals surface area contributed by atoms with E-state index >= 15 is 0 Å². The van der Waals surface area contributed by atoms with Crippen molar-refractivity contribution in [2.75, 3.05) is 72.1 Å². The van der Waals surface area contributed by atoms with E-state index in [9.17, 15) is 4.79 Å². The van der Waals surface area contributed by atoms with Crippen LogP contribution in [0.2, 0.25) is 0 Å². The number of carbonyl (C=O) groups is 1. The third-order valence-corrected chi connectivity index (χ3v) is 6.25. The maximum atomic E-state index is 12.4. The average Bonchev–Trinajstić information content (AvgIpc) is 3.55. The molecule has 0 radical (unpaired) electrons. The molecular formula is C22H35N5O3. The highest BCUT2D eigenvalue weighted by Gasteiger charge is 2.25. The number of amides is 1. The largest absolute Gasteiger partial charge is 0.469 e. The predicted molar refractivity (Wildman–Crippen MR) is 115 cm³/mol. The Morgan fingerprint density at radius 1 is 1.13 bits per heavy atom. The van der Waals surface area contributed by atoms with E-state index in [0.29, 0.717) is 12.5 Å². The number of guanidine groups is 1. The van der Waals surface area contributed by atoms with E-state index in [1.54, 1.807) is 6.26 Å². The average molecular weight is 418 g/mol. The first-order chi connectivity index (χ1) is 14.8. The minimum Gasteiger partial charge on any atom is -0.469 e. The van der Waals surface area contributed by atoms with E-state index in [1.165, 1.54) is 0 Å². The fourth-order valence-electron chi connectivity index (χ4n) is 4.34. The maximum Gasteiger partial charge on any atom is 0.236 e. The quantitative estimate of drug-likeness (QED) is 0.528. The lowest BCUT2D eigenvalue weighted by Gasteiger charge is -2.37. The molecule has 166 valence electrons. The minimum atomic E-state index is 0.285. The molecule has 1 aromatic heterocycles. The lowest BCUT2D eigenvalue weighted by atomic mass is 10.1. The van der Waals surface area contributed by atoms with Crippen LogP contribution < -0.4 is 5.32 Å². The Morgan fingerprint density at radius 3 is 2.67 bits per heavy atom. The Balaban J connectivity index is 1.27. The molecule has 1 N–H and O–H groups in total. The first-order valence-electron chi connectivity index (χ1n) is 11.4. The Labute approximate surface area is 179 Å². The summed E-state index contributed by atoms with van der Waals surface area (Å²) in [7, 11) is 0. The van der Waals surface area contributed by atoms with Crippen LogP contribution in [-0.4, -0.2) is 98.7 Å². The summed E-state index contributed by atoms with van der Waals surface area (Å²) in [5, 5.41) is 3.53. The van der Waals surface area contributed by atoms with E-state index in [1.807, 2.05) is 17.0 Å². The third-order valence-electron chi connectivity index (χ3n) is 6.25. The maximum absolute atomic E-state index is 12.4. The van der Waals surface area contributed by atoms with Gasteiger partial charge in [0.25, 0.3) is 0 Å². The van der Waals surface area contributed by atoms with Gasteiger partial charge in [-0.2, -0.15) is 0 Å². The monoisotopic (exact) mass is 417 g/mol. The zero-order valence-electron chi connectivity index (χ0n) is 17.9. The summed E-state index contributed by atoms with van der Waals surface area (Å²) in [5.74, 6) is 2.76. The number of furan rings is 1. The van der Waals surface area contributed by atoms with Crippen LogP contribution in [0.3, 0.4) is 0 Å². The second-order valence-corrected chi connectivity index (χ2v) is 8.50. The van der Waals surface area contributed by atoms with Crippen LogP contribution in [0.5, 0.6) is 0 Å². The van der Waals surface area contributed by atoms with E-state index in [4.69, 9.17) is 14.1 Å². The summed E-state index contributed by atoms with van der Waals surface area (Å²) < 4.78 is 10.9. The van der Waals surface area contributed by atoms with E-state index in [2.05, 4.69) is 15.1 Å². The molecule has 0 spiro atoms. The Bertz CT molecular complexity index is 673. The lowest BCUT2D eigenvalue weighted by Crippen LogP contribution is -2.54. The molecule has 3 fully saturated rings. The first kappa shape index (κ1) is 21.2. The number of ether oxygens (including phenoxy) is 1. The number of aliphatic imine (C=N–C) groups is 1. The second-order valence-electron chi connectivity index (χ2n) is 8.50. The molecule has 1 unspecified atom stereocenters. The number of likely N-dealkylation sites (tertiary alicyclic amines) is 1. The topological polar surface area (TPSA) is 73.5 Å². The molecule has 3 saturated heterocycles. The Morgan fingerprint density at radius 2 is 1.97 bits per heavy atom. The van der Waals surface area contributed by atoms with Crippen LogP contribution in [0.25, 0.3) is 0 Å². The van der Waals surface area contributed by atoms with Gasteiger partial charge in [-0.3, -0.25) is 14.7 Å². The molecule has 1 aromatic rings. The van der Waals surface area contributed by atoms with Crippen molar-refractivity contribution in [3.05, 3.63) is 24.2 Å². The summed E-state index contributed by atoms with van der Waals surface area (Å²) in [6, 6.07) is 3.93. The molecule has 1 atom stereocenters. The SMILES string of the molecule is O=C(CN1CCN(C(=NCC2CCOC2)NCCc2ccco2)CC1)N1CCCC1. The molecule has 8 nitrogen and oxygen atoms in total. The molecule has 0 saturated carbocycles. The Kier molecular flexibility index (Phi) is 7.64. The van der Waals surface area contributed by atoms with Gasteiger partial charge in [-0.25, -0.2) is 0 Å². The van der Waals surface area contributed by atoms with Gasteiger partial charge in [0.2, 0.25) is 5.91 Å².